The van der Waals surface area contributed by atoms with Crippen LogP contribution in [0.2, 0.25) is 0 Å². The highest BCUT2D eigenvalue weighted by molar-refractivity contribution is 6.22. The van der Waals surface area contributed by atoms with Crippen molar-refractivity contribution in [2.24, 2.45) is 0 Å². The molecule has 0 N–H and O–H groups in total. The fourth-order valence-electron chi connectivity index (χ4n) is 0.289. The first kappa shape index (κ1) is 3.16. The number of rotatable bonds is 0. The molecule has 25 valence electrons. The molecule has 0 heterocycles. The van der Waals surface area contributed by atoms with Gasteiger partial charge in [-0.3, -0.25) is 0 Å². The summed E-state index contributed by atoms with van der Waals surface area (Å²) in [4.78, 5) is 0. The quantitative estimate of drug-likeness (QED) is 0.379. The van der Waals surface area contributed by atoms with E-state index in [4.69, 9.17) is 0 Å². The van der Waals surface area contributed by atoms with Gasteiger partial charge in [-0.1, -0.05) is 11.3 Å². The molecule has 0 nitrogen and oxygen atoms in total. The van der Waals surface area contributed by atoms with Gasteiger partial charge in [-0.25, -0.2) is 0 Å². The molecule has 0 aromatic heterocycles. The SMILES string of the molecule is [Si]C1=CCC1. The Morgan fingerprint density at radius 1 is 1.80 bits per heavy atom. The minimum absolute atomic E-state index is 1.26. The Hall–Kier alpha value is -0.0431. The van der Waals surface area contributed by atoms with Crippen molar-refractivity contribution in [2.75, 3.05) is 0 Å². The molecule has 0 aromatic carbocycles. The average Bonchev–Trinajstić information content (AvgIpc) is 1.30. The van der Waals surface area contributed by atoms with Crippen molar-refractivity contribution >= 4 is 10.2 Å². The minimum Gasteiger partial charge on any atom is -0.0920 e. The van der Waals surface area contributed by atoms with Crippen LogP contribution in [0.3, 0.4) is 0 Å². The summed E-state index contributed by atoms with van der Waals surface area (Å²) >= 11 is 0. The molecule has 1 aliphatic rings. The summed E-state index contributed by atoms with van der Waals surface area (Å²) in [5.74, 6) is 0. The smallest absolute Gasteiger partial charge is 0.0646 e. The topological polar surface area (TPSA) is 0 Å². The lowest BCUT2D eigenvalue weighted by Crippen LogP contribution is -1.89. The maximum absolute atomic E-state index is 3.36. The van der Waals surface area contributed by atoms with Crippen LogP contribution in [0.5, 0.6) is 0 Å². The molecule has 0 amide bonds. The highest BCUT2D eigenvalue weighted by Gasteiger charge is 1.94. The summed E-state index contributed by atoms with van der Waals surface area (Å²) in [5, 5.41) is 1.37. The predicted octanol–water partition coefficient (Wildman–Crippen LogP) is 0.833. The Morgan fingerprint density at radius 2 is 2.20 bits per heavy atom. The van der Waals surface area contributed by atoms with E-state index in [0.717, 1.165) is 0 Å². The minimum atomic E-state index is 1.26. The summed E-state index contributed by atoms with van der Waals surface area (Å²) in [7, 11) is 3.36. The fourth-order valence-corrected chi connectivity index (χ4v) is 0.577. The van der Waals surface area contributed by atoms with E-state index >= 15 is 0 Å². The first-order valence-electron chi connectivity index (χ1n) is 1.80. The van der Waals surface area contributed by atoms with Crippen LogP contribution in [-0.2, 0) is 0 Å². The molecule has 0 fully saturated rings. The summed E-state index contributed by atoms with van der Waals surface area (Å²) < 4.78 is 0. The molecule has 0 bridgehead atoms. The molecule has 5 heavy (non-hydrogen) atoms. The van der Waals surface area contributed by atoms with Crippen molar-refractivity contribution in [1.82, 2.24) is 0 Å². The standard InChI is InChI=1S/C4H5Si/c5-4-2-1-3-4/h2H,1,3H2. The van der Waals surface area contributed by atoms with Gasteiger partial charge in [-0.15, -0.1) is 0 Å². The molecule has 3 radical (unpaired) electrons. The van der Waals surface area contributed by atoms with E-state index in [2.05, 4.69) is 16.3 Å². The van der Waals surface area contributed by atoms with Gasteiger partial charge >= 0.3 is 0 Å². The Morgan fingerprint density at radius 3 is 2.20 bits per heavy atom. The van der Waals surface area contributed by atoms with Crippen molar-refractivity contribution in [3.05, 3.63) is 11.3 Å². The first-order valence-corrected chi connectivity index (χ1v) is 2.30. The van der Waals surface area contributed by atoms with Crippen LogP contribution in [0.15, 0.2) is 11.3 Å². The maximum atomic E-state index is 3.36. The zero-order valence-corrected chi connectivity index (χ0v) is 3.99. The summed E-state index contributed by atoms with van der Waals surface area (Å²) in [6, 6.07) is 0. The Balaban J connectivity index is 2.51. The second-order valence-electron chi connectivity index (χ2n) is 1.27. The van der Waals surface area contributed by atoms with Crippen molar-refractivity contribution in [3.63, 3.8) is 0 Å². The summed E-state index contributed by atoms with van der Waals surface area (Å²) in [6.07, 6.45) is 4.71. The molecule has 0 atom stereocenters. The second-order valence-corrected chi connectivity index (χ2v) is 1.91. The molecular formula is C4H5Si. The molecule has 1 heteroatoms. The van der Waals surface area contributed by atoms with Gasteiger partial charge in [0.15, 0.2) is 0 Å². The lowest BCUT2D eigenvalue weighted by atomic mass is 10.1. The van der Waals surface area contributed by atoms with Gasteiger partial charge in [0.2, 0.25) is 0 Å². The third kappa shape index (κ3) is 0.427. The number of hydrogen-bond acceptors (Lipinski definition) is 0. The van der Waals surface area contributed by atoms with Crippen LogP contribution < -0.4 is 0 Å². The van der Waals surface area contributed by atoms with E-state index in [1.165, 1.54) is 18.0 Å². The first-order chi connectivity index (χ1) is 2.39. The predicted molar refractivity (Wildman–Crippen MR) is 23.1 cm³/mol. The van der Waals surface area contributed by atoms with Crippen molar-refractivity contribution in [3.8, 4) is 0 Å². The molecule has 1 aliphatic carbocycles. The molecular weight excluding hydrogens is 76.1 g/mol. The molecule has 0 saturated heterocycles. The fraction of sp³-hybridized carbons (Fsp3) is 0.500. The number of hydrogen-bond donors (Lipinski definition) is 0. The van der Waals surface area contributed by atoms with Crippen LogP contribution in [0, 0.1) is 0 Å². The third-order valence-electron chi connectivity index (χ3n) is 0.804. The van der Waals surface area contributed by atoms with Gasteiger partial charge in [0.25, 0.3) is 0 Å². The second kappa shape index (κ2) is 0.975. The van der Waals surface area contributed by atoms with Crippen molar-refractivity contribution in [1.29, 1.82) is 0 Å². The zero-order valence-electron chi connectivity index (χ0n) is 2.99. The average molecular weight is 81.2 g/mol. The van der Waals surface area contributed by atoms with Gasteiger partial charge in [0.1, 0.15) is 0 Å². The van der Waals surface area contributed by atoms with Crippen molar-refractivity contribution < 1.29 is 0 Å². The Labute approximate surface area is 35.3 Å². The monoisotopic (exact) mass is 81.0 g/mol. The van der Waals surface area contributed by atoms with Crippen LogP contribution in [-0.4, -0.2) is 10.2 Å². The molecule has 1 rings (SSSR count). The van der Waals surface area contributed by atoms with E-state index in [1.807, 2.05) is 0 Å². The zero-order chi connectivity index (χ0) is 3.70. The van der Waals surface area contributed by atoms with E-state index < -0.39 is 0 Å². The largest absolute Gasteiger partial charge is 0.0920 e. The third-order valence-corrected chi connectivity index (χ3v) is 1.26. The molecule has 0 unspecified atom stereocenters. The summed E-state index contributed by atoms with van der Waals surface area (Å²) in [6.45, 7) is 0. The van der Waals surface area contributed by atoms with Crippen LogP contribution >= 0.6 is 0 Å². The van der Waals surface area contributed by atoms with E-state index in [1.54, 1.807) is 0 Å². The Kier molecular flexibility index (Phi) is 0.616. The Bertz CT molecular complexity index is 64.0. The van der Waals surface area contributed by atoms with Gasteiger partial charge < -0.3 is 0 Å². The summed E-state index contributed by atoms with van der Waals surface area (Å²) in [5.41, 5.74) is 0. The van der Waals surface area contributed by atoms with E-state index in [9.17, 15) is 0 Å². The normalized spacial score (nSPS) is 20.6. The van der Waals surface area contributed by atoms with Crippen LogP contribution in [0.25, 0.3) is 0 Å². The number of allylic oxidation sites excluding steroid dienone is 2. The maximum Gasteiger partial charge on any atom is 0.0646 e. The van der Waals surface area contributed by atoms with E-state index in [0.29, 0.717) is 0 Å². The van der Waals surface area contributed by atoms with Crippen LogP contribution in [0.1, 0.15) is 12.8 Å². The van der Waals surface area contributed by atoms with Crippen LogP contribution in [0.4, 0.5) is 0 Å². The molecule has 0 aromatic rings. The highest BCUT2D eigenvalue weighted by atomic mass is 28.1. The molecule has 0 saturated carbocycles. The van der Waals surface area contributed by atoms with Gasteiger partial charge in [-0.2, -0.15) is 0 Å². The van der Waals surface area contributed by atoms with E-state index in [-0.39, 0.29) is 0 Å². The highest BCUT2D eigenvalue weighted by Crippen LogP contribution is 2.11. The lowest BCUT2D eigenvalue weighted by Gasteiger charge is -2.05. The van der Waals surface area contributed by atoms with Gasteiger partial charge in [0.05, 0.1) is 10.2 Å². The van der Waals surface area contributed by atoms with Gasteiger partial charge in [0, 0.05) is 0 Å². The molecule has 0 spiro atoms. The van der Waals surface area contributed by atoms with Gasteiger partial charge in [-0.05, 0) is 12.8 Å². The molecule has 0 aliphatic heterocycles. The lowest BCUT2D eigenvalue weighted by molar-refractivity contribution is 0.937. The van der Waals surface area contributed by atoms with Crippen molar-refractivity contribution in [2.45, 2.75) is 12.8 Å².